The van der Waals surface area contributed by atoms with Crippen LogP contribution in [0.15, 0.2) is 0 Å². The van der Waals surface area contributed by atoms with Gasteiger partial charge in [0.2, 0.25) is 0 Å². The Kier molecular flexibility index (Phi) is 6.62. The van der Waals surface area contributed by atoms with Gasteiger partial charge in [-0.15, -0.1) is 0 Å². The topological polar surface area (TPSA) is 52.4 Å². The number of rotatable bonds is 1. The van der Waals surface area contributed by atoms with Crippen molar-refractivity contribution in [3.63, 3.8) is 0 Å². The largest absolute Gasteiger partial charge is 0 e. The molecule has 1 radical (unpaired) electrons. The van der Waals surface area contributed by atoms with Gasteiger partial charge < -0.3 is 0 Å². The van der Waals surface area contributed by atoms with E-state index in [2.05, 4.69) is 5.21 Å². The van der Waals surface area contributed by atoms with Crippen molar-refractivity contribution in [2.45, 2.75) is 0 Å². The normalized spacial score (nSPS) is 5.67. The van der Waals surface area contributed by atoms with Crippen LogP contribution in [-0.4, -0.2) is 5.09 Å². The summed E-state index contributed by atoms with van der Waals surface area (Å²) in [5.41, 5.74) is 0. The average Bonchev–Trinajstić information content (AvgIpc) is 1.38. The van der Waals surface area contributed by atoms with E-state index >= 15 is 0 Å². The second-order valence-electron chi connectivity index (χ2n) is 0.281. The zero-order chi connectivity index (χ0) is 4.28. The first-order chi connectivity index (χ1) is 2.27. The minimum Gasteiger partial charge on any atom is 0 e. The Morgan fingerprint density at radius 1 is 1.83 bits per heavy atom. The molecule has 0 aliphatic carbocycles. The van der Waals surface area contributed by atoms with Crippen molar-refractivity contribution in [2.24, 2.45) is 0 Å². The second-order valence-corrected chi connectivity index (χ2v) is 0.762. The molecule has 36 valence electrons. The van der Waals surface area contributed by atoms with Gasteiger partial charge in [0.05, 0.1) is 0 Å². The molecule has 6 heavy (non-hydrogen) atoms. The summed E-state index contributed by atoms with van der Waals surface area (Å²) in [6, 6.07) is 0. The summed E-state index contributed by atoms with van der Waals surface area (Å²) in [4.78, 5) is 8.96. The monoisotopic (exact) mass is 450 g/mol. The molecule has 0 bridgehead atoms. The summed E-state index contributed by atoms with van der Waals surface area (Å²) in [6.45, 7) is 0. The van der Waals surface area contributed by atoms with Crippen LogP contribution >= 0.6 is 0 Å². The molecular weight excluding hydrogens is 452 g/mol. The maximum absolute atomic E-state index is 8.96. The first-order valence-electron chi connectivity index (χ1n) is 0.677. The molecule has 0 aromatic heterocycles. The smallest absolute Gasteiger partial charge is 0 e. The third kappa shape index (κ3) is 10.0. The van der Waals surface area contributed by atoms with E-state index in [-0.39, 0.29) is 35.6 Å². The molecule has 0 aliphatic heterocycles. The summed E-state index contributed by atoms with van der Waals surface area (Å²) in [5, 5.41) is 11.6. The molecular formula is CfLaNO3. The van der Waals surface area contributed by atoms with Crippen molar-refractivity contribution in [3.8, 4) is 0 Å². The molecule has 0 aromatic carbocycles. The van der Waals surface area contributed by atoms with Crippen LogP contribution in [0.2, 0.25) is 0 Å². The molecule has 0 saturated heterocycles. The predicted molar refractivity (Wildman–Crippen MR) is 8.08 cm³/mol. The number of hydrogen-bond donors (Lipinski definition) is 0. The summed E-state index contributed by atoms with van der Waals surface area (Å²) in [6.07, 6.45) is 0. The van der Waals surface area contributed by atoms with Crippen LogP contribution in [-0.2, 0) is 5.21 Å². The summed E-state index contributed by atoms with van der Waals surface area (Å²) in [5.74, 6) is 0. The minimum absolute atomic E-state index is 0. The van der Waals surface area contributed by atoms with Crippen molar-refractivity contribution >= 4 is 0 Å². The van der Waals surface area contributed by atoms with Crippen LogP contribution in [0, 0.1) is 45.7 Å². The molecule has 0 rings (SSSR count). The van der Waals surface area contributed by atoms with E-state index in [9.17, 15) is 0 Å². The van der Waals surface area contributed by atoms with Gasteiger partial charge in [0, 0.05) is 35.6 Å². The maximum Gasteiger partial charge on any atom is 0 e. The fourth-order valence-electron chi connectivity index (χ4n) is 0. The summed E-state index contributed by atoms with van der Waals surface area (Å²) >= 11 is 0. The second kappa shape index (κ2) is 4.39. The Morgan fingerprint density at radius 3 is 2.00 bits per heavy atom. The summed E-state index contributed by atoms with van der Waals surface area (Å²) < 4.78 is 0.727. The van der Waals surface area contributed by atoms with Crippen LogP contribution in [0.4, 0.5) is 0 Å². The Hall–Kier alpha value is -0.605. The van der Waals surface area contributed by atoms with Crippen LogP contribution in [0.5, 0.6) is 0 Å². The van der Waals surface area contributed by atoms with Crippen LogP contribution in [0.3, 0.4) is 0 Å². The van der Waals surface area contributed by atoms with Gasteiger partial charge in [0.1, 0.15) is 0 Å². The van der Waals surface area contributed by atoms with Crippen LogP contribution in [0.25, 0.3) is 0 Å². The Morgan fingerprint density at radius 2 is 2.00 bits per heavy atom. The van der Waals surface area contributed by atoms with Crippen molar-refractivity contribution in [1.29, 1.82) is 0 Å². The first-order valence-corrected chi connectivity index (χ1v) is 1.75. The fraction of sp³-hybridized carbons (Fsp3) is 0. The molecule has 0 heterocycles. The molecule has 0 fully saturated rings. The minimum atomic E-state index is -0.855. The third-order valence-corrected chi connectivity index (χ3v) is 0.440. The Balaban J connectivity index is 0. The maximum atomic E-state index is 8.96. The van der Waals surface area contributed by atoms with Gasteiger partial charge in [0.25, 0.3) is 0 Å². The van der Waals surface area contributed by atoms with E-state index in [1.807, 2.05) is 0 Å². The molecule has 0 unspecified atom stereocenters. The average molecular weight is 452 g/mol. The van der Waals surface area contributed by atoms with Crippen molar-refractivity contribution in [1.82, 2.24) is 0 Å². The van der Waals surface area contributed by atoms with E-state index in [0.29, 0.717) is 0 Å². The first kappa shape index (κ1) is 9.04. The van der Waals surface area contributed by atoms with Gasteiger partial charge >= 0.3 is 20.4 Å². The standard InChI is InChI=1S/Cf.La.NO3/c;;2-1(3)4/q+1;;-1. The molecule has 0 spiro atoms. The Bertz CT molecular complexity index is 46.1. The van der Waals surface area contributed by atoms with Gasteiger partial charge in [-0.2, -0.15) is 0 Å². The van der Waals surface area contributed by atoms with Crippen molar-refractivity contribution < 1.29 is 45.9 Å². The van der Waals surface area contributed by atoms with Crippen LogP contribution in [0.1, 0.15) is 0 Å². The van der Waals surface area contributed by atoms with Gasteiger partial charge in [-0.1, -0.05) is 0 Å². The fourth-order valence-corrected chi connectivity index (χ4v) is 0. The molecule has 0 saturated carbocycles. The Labute approximate surface area is 55.9 Å². The molecule has 0 N–H and O–H groups in total. The molecule has 0 amide bonds. The van der Waals surface area contributed by atoms with Gasteiger partial charge in [-0.05, 0) is 0 Å². The quantitative estimate of drug-likeness (QED) is 0.405. The molecule has 6 heteroatoms. The molecule has 0 aliphatic rings. The van der Waals surface area contributed by atoms with Crippen molar-refractivity contribution in [3.05, 3.63) is 10.1 Å². The van der Waals surface area contributed by atoms with Gasteiger partial charge in [0.15, 0.2) is 0 Å². The third-order valence-electron chi connectivity index (χ3n) is 0.0471. The molecule has 4 nitrogen and oxygen atoms in total. The zero-order valence-electron chi connectivity index (χ0n) is 2.57. The van der Waals surface area contributed by atoms with E-state index in [1.54, 1.807) is 0 Å². The van der Waals surface area contributed by atoms with E-state index in [4.69, 9.17) is 10.1 Å². The SMILES string of the molecule is O=[N+]([O-])[O][Cf].[La]. The summed E-state index contributed by atoms with van der Waals surface area (Å²) in [7, 11) is 0. The number of hydrogen-bond acceptors (Lipinski definition) is 3. The van der Waals surface area contributed by atoms with Gasteiger partial charge in [-0.25, -0.2) is 0 Å². The molecule has 0 atom stereocenters. The predicted octanol–water partition coefficient (Wildman–Crippen LogP) is -0.341. The van der Waals surface area contributed by atoms with Crippen molar-refractivity contribution in [2.75, 3.05) is 0 Å². The van der Waals surface area contributed by atoms with E-state index in [0.717, 1.165) is 0 Å². The van der Waals surface area contributed by atoms with E-state index < -0.39 is 5.09 Å². The van der Waals surface area contributed by atoms with Crippen LogP contribution < -0.4 is 0 Å². The van der Waals surface area contributed by atoms with Gasteiger partial charge in [-0.3, -0.25) is 0 Å². The molecule has 0 aromatic rings. The zero-order valence-corrected chi connectivity index (χ0v) is 8.82. The van der Waals surface area contributed by atoms with E-state index in [1.165, 1.54) is 0 Å². The number of nitrogens with zero attached hydrogens (tertiary/aromatic N) is 1.